The summed E-state index contributed by atoms with van der Waals surface area (Å²) in [7, 11) is 0. The van der Waals surface area contributed by atoms with Crippen LogP contribution in [0.4, 0.5) is 5.69 Å². The standard InChI is InChI=1S/C31H19Cl2N3O3S/c32-20-14-19(15-21(33)16-20)27-12-9-23(38-27)10-13-29(37)36-31(40)34-22-8-11-28-26(17-22)35-30(39-28)25-7-3-5-18-4-1-2-6-24(18)25/h1-17H,(H2,34,36,37,40)/b13-10+. The van der Waals surface area contributed by atoms with Gasteiger partial charge in [0.05, 0.1) is 0 Å². The number of hydrogen-bond acceptors (Lipinski definition) is 5. The lowest BCUT2D eigenvalue weighted by Gasteiger charge is -2.07. The fourth-order valence-electron chi connectivity index (χ4n) is 4.30. The maximum atomic E-state index is 12.4. The molecule has 2 aromatic heterocycles. The molecule has 0 fully saturated rings. The molecule has 196 valence electrons. The van der Waals surface area contributed by atoms with Crippen LogP contribution in [-0.2, 0) is 4.79 Å². The highest BCUT2D eigenvalue weighted by Crippen LogP contribution is 2.32. The zero-order chi connectivity index (χ0) is 27.6. The van der Waals surface area contributed by atoms with E-state index in [2.05, 4.69) is 27.8 Å². The van der Waals surface area contributed by atoms with E-state index in [0.717, 1.165) is 21.9 Å². The van der Waals surface area contributed by atoms with E-state index in [9.17, 15) is 4.79 Å². The molecule has 0 aliphatic rings. The van der Waals surface area contributed by atoms with Gasteiger partial charge in [-0.15, -0.1) is 0 Å². The number of furan rings is 1. The molecule has 0 spiro atoms. The number of anilines is 1. The van der Waals surface area contributed by atoms with Gasteiger partial charge in [-0.1, -0.05) is 59.6 Å². The van der Waals surface area contributed by atoms with E-state index in [4.69, 9.17) is 44.3 Å². The molecule has 0 aliphatic carbocycles. The first-order valence-electron chi connectivity index (χ1n) is 12.2. The fraction of sp³-hybridized carbons (Fsp3) is 0. The summed E-state index contributed by atoms with van der Waals surface area (Å²) in [4.78, 5) is 17.1. The second-order valence-corrected chi connectivity index (χ2v) is 10.1. The predicted molar refractivity (Wildman–Crippen MR) is 165 cm³/mol. The molecule has 2 heterocycles. The molecule has 4 aromatic carbocycles. The average Bonchev–Trinajstić information content (AvgIpc) is 3.58. The van der Waals surface area contributed by atoms with Gasteiger partial charge >= 0.3 is 0 Å². The van der Waals surface area contributed by atoms with Gasteiger partial charge in [-0.05, 0) is 83.7 Å². The van der Waals surface area contributed by atoms with E-state index in [-0.39, 0.29) is 5.11 Å². The van der Waals surface area contributed by atoms with Crippen LogP contribution in [0, 0.1) is 0 Å². The fourth-order valence-corrected chi connectivity index (χ4v) is 5.04. The molecule has 0 saturated heterocycles. The van der Waals surface area contributed by atoms with Crippen molar-refractivity contribution in [1.82, 2.24) is 10.3 Å². The van der Waals surface area contributed by atoms with Gasteiger partial charge in [-0.2, -0.15) is 0 Å². The summed E-state index contributed by atoms with van der Waals surface area (Å²) in [6.07, 6.45) is 2.88. The van der Waals surface area contributed by atoms with Crippen molar-refractivity contribution in [3.05, 3.63) is 113 Å². The summed E-state index contributed by atoms with van der Waals surface area (Å²) in [6.45, 7) is 0. The third-order valence-electron chi connectivity index (χ3n) is 6.08. The smallest absolute Gasteiger partial charge is 0.250 e. The van der Waals surface area contributed by atoms with Crippen molar-refractivity contribution >= 4 is 80.1 Å². The molecule has 9 heteroatoms. The molecular formula is C31H19Cl2N3O3S. The van der Waals surface area contributed by atoms with Crippen LogP contribution in [0.2, 0.25) is 10.0 Å². The van der Waals surface area contributed by atoms with Gasteiger partial charge in [0, 0.05) is 32.9 Å². The van der Waals surface area contributed by atoms with E-state index in [1.54, 1.807) is 42.5 Å². The van der Waals surface area contributed by atoms with E-state index in [1.807, 2.05) is 42.5 Å². The number of carbonyl (C=O) groups excluding carboxylic acids is 1. The number of nitrogens with one attached hydrogen (secondary N) is 2. The molecule has 0 radical (unpaired) electrons. The number of halogens is 2. The number of rotatable bonds is 5. The van der Waals surface area contributed by atoms with Gasteiger partial charge in [0.25, 0.3) is 0 Å². The maximum Gasteiger partial charge on any atom is 0.250 e. The largest absolute Gasteiger partial charge is 0.457 e. The van der Waals surface area contributed by atoms with Crippen LogP contribution in [0.25, 0.3) is 50.7 Å². The Morgan fingerprint density at radius 1 is 0.875 bits per heavy atom. The topological polar surface area (TPSA) is 80.3 Å². The average molecular weight is 584 g/mol. The number of nitrogens with zero attached hydrogens (tertiary/aromatic N) is 1. The lowest BCUT2D eigenvalue weighted by atomic mass is 10.0. The van der Waals surface area contributed by atoms with Gasteiger partial charge in [0.2, 0.25) is 11.8 Å². The van der Waals surface area contributed by atoms with Gasteiger partial charge < -0.3 is 14.2 Å². The minimum atomic E-state index is -0.415. The molecule has 40 heavy (non-hydrogen) atoms. The molecule has 6 nitrogen and oxygen atoms in total. The summed E-state index contributed by atoms with van der Waals surface area (Å²) in [6, 6.07) is 28.2. The van der Waals surface area contributed by atoms with Gasteiger partial charge in [0.15, 0.2) is 10.7 Å². The molecule has 0 atom stereocenters. The van der Waals surface area contributed by atoms with Crippen molar-refractivity contribution in [2.75, 3.05) is 5.32 Å². The van der Waals surface area contributed by atoms with E-state index >= 15 is 0 Å². The van der Waals surface area contributed by atoms with Crippen molar-refractivity contribution in [2.24, 2.45) is 0 Å². The zero-order valence-electron chi connectivity index (χ0n) is 20.7. The van der Waals surface area contributed by atoms with Crippen LogP contribution in [0.1, 0.15) is 5.76 Å². The van der Waals surface area contributed by atoms with E-state index in [0.29, 0.717) is 44.2 Å². The quantitative estimate of drug-likeness (QED) is 0.156. The van der Waals surface area contributed by atoms with Crippen molar-refractivity contribution in [1.29, 1.82) is 0 Å². The highest BCUT2D eigenvalue weighted by Gasteiger charge is 2.12. The van der Waals surface area contributed by atoms with Crippen molar-refractivity contribution in [2.45, 2.75) is 0 Å². The number of oxazole rings is 1. The Kier molecular flexibility index (Phi) is 7.09. The van der Waals surface area contributed by atoms with E-state index < -0.39 is 5.91 Å². The monoisotopic (exact) mass is 583 g/mol. The molecule has 0 unspecified atom stereocenters. The summed E-state index contributed by atoms with van der Waals surface area (Å²) >= 11 is 17.5. The van der Waals surface area contributed by atoms with Crippen LogP contribution < -0.4 is 10.6 Å². The first kappa shape index (κ1) is 25.8. The molecule has 6 aromatic rings. The highest BCUT2D eigenvalue weighted by molar-refractivity contribution is 7.80. The van der Waals surface area contributed by atoms with Crippen molar-refractivity contribution in [3.8, 4) is 22.8 Å². The predicted octanol–water partition coefficient (Wildman–Crippen LogP) is 8.74. The van der Waals surface area contributed by atoms with Crippen LogP contribution >= 0.6 is 35.4 Å². The third kappa shape index (κ3) is 5.62. The highest BCUT2D eigenvalue weighted by atomic mass is 35.5. The van der Waals surface area contributed by atoms with Gasteiger partial charge in [0.1, 0.15) is 17.0 Å². The number of amides is 1. The first-order valence-corrected chi connectivity index (χ1v) is 13.3. The second-order valence-electron chi connectivity index (χ2n) is 8.87. The number of fused-ring (bicyclic) bond motifs is 2. The Hall–Kier alpha value is -4.43. The molecule has 6 rings (SSSR count). The van der Waals surface area contributed by atoms with Crippen LogP contribution in [0.15, 0.2) is 106 Å². The van der Waals surface area contributed by atoms with E-state index in [1.165, 1.54) is 6.08 Å². The Morgan fingerprint density at radius 2 is 1.68 bits per heavy atom. The Balaban J connectivity index is 1.11. The number of hydrogen-bond donors (Lipinski definition) is 2. The number of thiocarbonyl (C=S) groups is 1. The summed E-state index contributed by atoms with van der Waals surface area (Å²) in [5.41, 5.74) is 3.62. The lowest BCUT2D eigenvalue weighted by molar-refractivity contribution is -0.115. The SMILES string of the molecule is O=C(/C=C/c1ccc(-c2cc(Cl)cc(Cl)c2)o1)NC(=S)Nc1ccc2oc(-c3cccc4ccccc34)nc2c1. The zero-order valence-corrected chi connectivity index (χ0v) is 23.0. The molecule has 1 amide bonds. The van der Waals surface area contributed by atoms with Crippen molar-refractivity contribution < 1.29 is 13.6 Å². The minimum Gasteiger partial charge on any atom is -0.457 e. The normalized spacial score (nSPS) is 11.3. The summed E-state index contributed by atoms with van der Waals surface area (Å²) < 4.78 is 11.8. The van der Waals surface area contributed by atoms with Crippen LogP contribution in [0.5, 0.6) is 0 Å². The van der Waals surface area contributed by atoms with Crippen LogP contribution in [-0.4, -0.2) is 16.0 Å². The molecule has 0 aliphatic heterocycles. The number of benzene rings is 4. The first-order chi connectivity index (χ1) is 19.4. The Labute approximate surface area is 244 Å². The molecule has 2 N–H and O–H groups in total. The molecule has 0 bridgehead atoms. The second kappa shape index (κ2) is 11.0. The third-order valence-corrected chi connectivity index (χ3v) is 6.72. The lowest BCUT2D eigenvalue weighted by Crippen LogP contribution is -2.32. The van der Waals surface area contributed by atoms with Crippen molar-refractivity contribution in [3.63, 3.8) is 0 Å². The van der Waals surface area contributed by atoms with Crippen LogP contribution in [0.3, 0.4) is 0 Å². The Morgan fingerprint density at radius 3 is 2.52 bits per heavy atom. The summed E-state index contributed by atoms with van der Waals surface area (Å²) in [5, 5.41) is 8.96. The maximum absolute atomic E-state index is 12.4. The Bertz CT molecular complexity index is 1920. The molecule has 0 saturated carbocycles. The summed E-state index contributed by atoms with van der Waals surface area (Å²) in [5.74, 6) is 1.18. The number of carbonyl (C=O) groups is 1. The number of aromatic nitrogens is 1. The molecular weight excluding hydrogens is 565 g/mol. The van der Waals surface area contributed by atoms with Gasteiger partial charge in [-0.25, -0.2) is 4.98 Å². The van der Waals surface area contributed by atoms with Gasteiger partial charge in [-0.3, -0.25) is 10.1 Å². The minimum absolute atomic E-state index is 0.139.